The third kappa shape index (κ3) is 5.24. The molecule has 4 aromatic rings. The highest BCUT2D eigenvalue weighted by atomic mass is 19.4. The Kier molecular flexibility index (Phi) is 6.44. The van der Waals surface area contributed by atoms with Gasteiger partial charge in [0, 0.05) is 23.9 Å². The number of hydrogen-bond acceptors (Lipinski definition) is 5. The zero-order valence-corrected chi connectivity index (χ0v) is 18.5. The quantitative estimate of drug-likeness (QED) is 0.352. The minimum atomic E-state index is -4.46. The molecule has 4 N–H and O–H groups in total. The van der Waals surface area contributed by atoms with E-state index in [-0.39, 0.29) is 30.0 Å². The van der Waals surface area contributed by atoms with E-state index in [1.54, 1.807) is 25.3 Å². The van der Waals surface area contributed by atoms with Gasteiger partial charge in [-0.1, -0.05) is 12.1 Å². The van der Waals surface area contributed by atoms with Gasteiger partial charge in [0.15, 0.2) is 5.65 Å². The zero-order chi connectivity index (χ0) is 25.3. The van der Waals surface area contributed by atoms with E-state index in [1.165, 1.54) is 28.8 Å². The Balaban J connectivity index is 1.45. The molecule has 0 bridgehead atoms. The van der Waals surface area contributed by atoms with Crippen LogP contribution in [0.2, 0.25) is 0 Å². The Morgan fingerprint density at radius 2 is 1.89 bits per heavy atom. The van der Waals surface area contributed by atoms with Crippen molar-refractivity contribution in [3.05, 3.63) is 82.8 Å². The molecule has 0 unspecified atom stereocenters. The molecule has 35 heavy (non-hydrogen) atoms. The summed E-state index contributed by atoms with van der Waals surface area (Å²) in [5.41, 5.74) is 6.83. The van der Waals surface area contributed by atoms with Crippen molar-refractivity contribution >= 4 is 17.5 Å². The molecule has 0 saturated heterocycles. The first-order valence-electron chi connectivity index (χ1n) is 10.6. The lowest BCUT2D eigenvalue weighted by molar-refractivity contribution is -0.137. The number of aliphatic hydroxyl groups excluding tert-OH is 1. The molecule has 0 aliphatic carbocycles. The lowest BCUT2D eigenvalue weighted by atomic mass is 9.99. The van der Waals surface area contributed by atoms with Gasteiger partial charge in [-0.25, -0.2) is 8.91 Å². The van der Waals surface area contributed by atoms with Gasteiger partial charge in [0.2, 0.25) is 5.95 Å². The fourth-order valence-electron chi connectivity index (χ4n) is 3.68. The average molecular weight is 487 g/mol. The second-order valence-corrected chi connectivity index (χ2v) is 8.02. The molecule has 0 aliphatic heterocycles. The summed E-state index contributed by atoms with van der Waals surface area (Å²) >= 11 is 0. The van der Waals surface area contributed by atoms with Crippen LogP contribution in [0.3, 0.4) is 0 Å². The van der Waals surface area contributed by atoms with Crippen molar-refractivity contribution in [2.24, 2.45) is 0 Å². The first-order valence-corrected chi connectivity index (χ1v) is 10.6. The van der Waals surface area contributed by atoms with Crippen molar-refractivity contribution < 1.29 is 27.5 Å². The van der Waals surface area contributed by atoms with Crippen molar-refractivity contribution in [2.75, 3.05) is 12.3 Å². The summed E-state index contributed by atoms with van der Waals surface area (Å²) in [5.74, 6) is -0.921. The first-order chi connectivity index (χ1) is 16.5. The van der Waals surface area contributed by atoms with E-state index in [0.717, 1.165) is 12.1 Å². The fraction of sp³-hybridized carbons (Fsp3) is 0.208. The average Bonchev–Trinajstić information content (AvgIpc) is 3.17. The van der Waals surface area contributed by atoms with Gasteiger partial charge < -0.3 is 16.2 Å². The van der Waals surface area contributed by atoms with E-state index >= 15 is 0 Å². The molecule has 7 nitrogen and oxygen atoms in total. The van der Waals surface area contributed by atoms with E-state index in [4.69, 9.17) is 5.73 Å². The Morgan fingerprint density at radius 1 is 1.17 bits per heavy atom. The fourth-order valence-corrected chi connectivity index (χ4v) is 3.68. The molecule has 0 radical (unpaired) electrons. The highest BCUT2D eigenvalue weighted by Gasteiger charge is 2.30. The predicted octanol–water partition coefficient (Wildman–Crippen LogP) is 4.30. The number of aliphatic hydroxyl groups is 1. The number of nitrogen functional groups attached to an aromatic ring is 1. The van der Waals surface area contributed by atoms with Gasteiger partial charge in [0.1, 0.15) is 5.82 Å². The van der Waals surface area contributed by atoms with Gasteiger partial charge in [-0.15, -0.1) is 5.10 Å². The number of anilines is 1. The summed E-state index contributed by atoms with van der Waals surface area (Å²) in [5, 5.41) is 16.9. The van der Waals surface area contributed by atoms with Crippen molar-refractivity contribution in [2.45, 2.75) is 25.6 Å². The zero-order valence-electron chi connectivity index (χ0n) is 18.5. The highest BCUT2D eigenvalue weighted by molar-refractivity contribution is 5.97. The number of nitrogens with zero attached hydrogens (tertiary/aromatic N) is 3. The van der Waals surface area contributed by atoms with Gasteiger partial charge in [-0.05, 0) is 66.4 Å². The van der Waals surface area contributed by atoms with Gasteiger partial charge in [-0.3, -0.25) is 4.79 Å². The summed E-state index contributed by atoms with van der Waals surface area (Å²) in [6, 6.07) is 10.1. The Morgan fingerprint density at radius 3 is 2.57 bits per heavy atom. The minimum Gasteiger partial charge on any atom is -0.388 e. The Labute approximate surface area is 197 Å². The predicted molar refractivity (Wildman–Crippen MR) is 121 cm³/mol. The van der Waals surface area contributed by atoms with Crippen LogP contribution in [0.1, 0.15) is 39.6 Å². The molecule has 1 atom stereocenters. The standard InChI is InChI=1S/C24H21F4N5O2/c1-13-10-19(25)18(15-7-9-33-21(11-15)31-23(29)32-33)12-17(13)22(35)30-8-6-20(34)14-2-4-16(5-3-14)24(26,27)28/h2-5,7,9-12,20,34H,6,8H2,1H3,(H2,29,32)(H,30,35)/t20-/m0/s1. The van der Waals surface area contributed by atoms with Crippen LogP contribution >= 0.6 is 0 Å². The van der Waals surface area contributed by atoms with Crippen LogP contribution in [-0.2, 0) is 6.18 Å². The monoisotopic (exact) mass is 487 g/mol. The van der Waals surface area contributed by atoms with Gasteiger partial charge in [0.05, 0.1) is 11.7 Å². The van der Waals surface area contributed by atoms with Crippen LogP contribution in [0.15, 0.2) is 54.7 Å². The highest BCUT2D eigenvalue weighted by Crippen LogP contribution is 2.30. The van der Waals surface area contributed by atoms with Crippen LogP contribution in [0, 0.1) is 12.7 Å². The van der Waals surface area contributed by atoms with E-state index < -0.39 is 29.6 Å². The Bertz CT molecular complexity index is 1380. The second kappa shape index (κ2) is 9.34. The van der Waals surface area contributed by atoms with Crippen LogP contribution in [0.4, 0.5) is 23.5 Å². The number of aromatic nitrogens is 3. The molecule has 0 saturated carbocycles. The summed E-state index contributed by atoms with van der Waals surface area (Å²) in [6.07, 6.45) is -3.87. The van der Waals surface area contributed by atoms with Gasteiger partial charge in [0.25, 0.3) is 5.91 Å². The molecule has 1 amide bonds. The molecule has 2 aromatic carbocycles. The number of nitrogens with one attached hydrogen (secondary N) is 1. The maximum Gasteiger partial charge on any atom is 0.416 e. The molecule has 4 rings (SSSR count). The third-order valence-corrected chi connectivity index (χ3v) is 5.55. The molecule has 2 heterocycles. The number of aryl methyl sites for hydroxylation is 1. The molecule has 182 valence electrons. The number of rotatable bonds is 6. The van der Waals surface area contributed by atoms with Crippen molar-refractivity contribution in [1.82, 2.24) is 19.9 Å². The molecule has 0 aliphatic rings. The maximum atomic E-state index is 14.7. The smallest absolute Gasteiger partial charge is 0.388 e. The summed E-state index contributed by atoms with van der Waals surface area (Å²) in [6.45, 7) is 1.65. The lowest BCUT2D eigenvalue weighted by Gasteiger charge is -2.14. The number of fused-ring (bicyclic) bond motifs is 1. The van der Waals surface area contributed by atoms with E-state index in [2.05, 4.69) is 15.4 Å². The molecule has 0 fully saturated rings. The molecular weight excluding hydrogens is 466 g/mol. The number of carbonyl (C=O) groups excluding carboxylic acids is 1. The number of carbonyl (C=O) groups is 1. The van der Waals surface area contributed by atoms with Crippen LogP contribution in [-0.4, -0.2) is 32.2 Å². The number of benzene rings is 2. The van der Waals surface area contributed by atoms with Crippen molar-refractivity contribution in [1.29, 1.82) is 0 Å². The minimum absolute atomic E-state index is 0.0537. The van der Waals surface area contributed by atoms with Crippen molar-refractivity contribution in [3.8, 4) is 11.1 Å². The second-order valence-electron chi connectivity index (χ2n) is 8.02. The molecule has 11 heteroatoms. The van der Waals surface area contributed by atoms with E-state index in [1.807, 2.05) is 0 Å². The Hall–Kier alpha value is -3.99. The summed E-state index contributed by atoms with van der Waals surface area (Å²) in [7, 11) is 0. The number of pyridine rings is 1. The number of amides is 1. The van der Waals surface area contributed by atoms with Gasteiger partial charge in [-0.2, -0.15) is 18.2 Å². The molecule has 0 spiro atoms. The van der Waals surface area contributed by atoms with Crippen LogP contribution in [0.5, 0.6) is 0 Å². The van der Waals surface area contributed by atoms with Crippen LogP contribution < -0.4 is 11.1 Å². The number of alkyl halides is 3. The lowest BCUT2D eigenvalue weighted by Crippen LogP contribution is -2.26. The molecular formula is C24H21F4N5O2. The number of hydrogen-bond donors (Lipinski definition) is 3. The van der Waals surface area contributed by atoms with E-state index in [0.29, 0.717) is 22.3 Å². The molecule has 2 aromatic heterocycles. The van der Waals surface area contributed by atoms with Crippen molar-refractivity contribution in [3.63, 3.8) is 0 Å². The first kappa shape index (κ1) is 24.1. The van der Waals surface area contributed by atoms with Gasteiger partial charge >= 0.3 is 6.18 Å². The normalized spacial score (nSPS) is 12.6. The topological polar surface area (TPSA) is 106 Å². The SMILES string of the molecule is Cc1cc(F)c(-c2ccn3nc(N)nc3c2)cc1C(=O)NCC[C@H](O)c1ccc(C(F)(F)F)cc1. The van der Waals surface area contributed by atoms with E-state index in [9.17, 15) is 27.5 Å². The maximum absolute atomic E-state index is 14.7. The largest absolute Gasteiger partial charge is 0.416 e. The third-order valence-electron chi connectivity index (χ3n) is 5.55. The number of halogens is 4. The number of nitrogens with two attached hydrogens (primary N) is 1. The summed E-state index contributed by atoms with van der Waals surface area (Å²) in [4.78, 5) is 16.8. The summed E-state index contributed by atoms with van der Waals surface area (Å²) < 4.78 is 54.3. The van der Waals surface area contributed by atoms with Crippen LogP contribution in [0.25, 0.3) is 16.8 Å².